The lowest BCUT2D eigenvalue weighted by Crippen LogP contribution is -2.39. The molecule has 2 aromatic heterocycles. The van der Waals surface area contributed by atoms with Gasteiger partial charge in [0.25, 0.3) is 5.56 Å². The molecule has 1 aliphatic rings. The van der Waals surface area contributed by atoms with Gasteiger partial charge in [-0.15, -0.1) is 5.10 Å². The van der Waals surface area contributed by atoms with Crippen LogP contribution >= 0.6 is 0 Å². The standard InChI is InChI=1S/C30H29N5O7/c1-39-21-12-8-19(9-13-21)30(18-6-4-3-5-7-18,20-10-14-22(40-2)15-11-20)41-16-23-25(36)26(37)29(42-23)35-17-31-24-27(35)32-34-33-28(24)38/h3-15,17,23,25-26,29,36-37H,16H2,1-2H3,(H,32,33,38)/t23-,25-,26-,29-/m1/s1. The van der Waals surface area contributed by atoms with Crippen LogP contribution in [0.4, 0.5) is 0 Å². The number of rotatable bonds is 9. The fourth-order valence-corrected chi connectivity index (χ4v) is 5.35. The van der Waals surface area contributed by atoms with Gasteiger partial charge in [0.05, 0.1) is 27.2 Å². The molecule has 12 nitrogen and oxygen atoms in total. The first-order valence-corrected chi connectivity index (χ1v) is 13.2. The van der Waals surface area contributed by atoms with Gasteiger partial charge in [-0.25, -0.2) is 10.1 Å². The van der Waals surface area contributed by atoms with Gasteiger partial charge in [-0.3, -0.25) is 9.36 Å². The molecule has 1 fully saturated rings. The van der Waals surface area contributed by atoms with E-state index in [2.05, 4.69) is 20.4 Å². The zero-order valence-electron chi connectivity index (χ0n) is 22.8. The SMILES string of the molecule is COc1ccc(C(OC[C@H]2O[C@@H](n3cnc4c(=O)[nH]nnc43)[C@H](O)[C@@H]2O)(c2ccccc2)c2ccc(OC)cc2)cc1. The van der Waals surface area contributed by atoms with Crippen LogP contribution < -0.4 is 15.0 Å². The Bertz CT molecular complexity index is 1660. The normalized spacial score (nSPS) is 20.6. The number of H-pyrrole nitrogens is 1. The number of nitrogens with one attached hydrogen (secondary N) is 1. The van der Waals surface area contributed by atoms with Crippen LogP contribution in [0.25, 0.3) is 11.2 Å². The Morgan fingerprint density at radius 2 is 1.48 bits per heavy atom. The number of hydrogen-bond acceptors (Lipinski definition) is 10. The van der Waals surface area contributed by atoms with Crippen molar-refractivity contribution in [2.75, 3.05) is 20.8 Å². The highest BCUT2D eigenvalue weighted by Gasteiger charge is 2.47. The Hall–Kier alpha value is -4.62. The molecule has 3 aromatic carbocycles. The lowest BCUT2D eigenvalue weighted by molar-refractivity contribution is -0.0942. The predicted octanol–water partition coefficient (Wildman–Crippen LogP) is 2.16. The molecule has 3 N–H and O–H groups in total. The average Bonchev–Trinajstić information content (AvgIpc) is 3.59. The minimum Gasteiger partial charge on any atom is -0.497 e. The molecule has 3 heterocycles. The van der Waals surface area contributed by atoms with Gasteiger partial charge < -0.3 is 29.2 Å². The predicted molar refractivity (Wildman–Crippen MR) is 150 cm³/mol. The highest BCUT2D eigenvalue weighted by Crippen LogP contribution is 2.43. The molecule has 0 saturated carbocycles. The number of hydrogen-bond donors (Lipinski definition) is 3. The summed E-state index contributed by atoms with van der Waals surface area (Å²) in [6.45, 7) is -0.111. The van der Waals surface area contributed by atoms with Crippen LogP contribution in [-0.4, -0.2) is 74.3 Å². The number of aromatic amines is 1. The molecule has 5 aromatic rings. The summed E-state index contributed by atoms with van der Waals surface area (Å²) in [4.78, 5) is 16.2. The highest BCUT2D eigenvalue weighted by atomic mass is 16.6. The molecular formula is C30H29N5O7. The molecule has 0 spiro atoms. The van der Waals surface area contributed by atoms with Crippen molar-refractivity contribution in [3.05, 3.63) is 112 Å². The van der Waals surface area contributed by atoms with E-state index < -0.39 is 35.7 Å². The fourth-order valence-electron chi connectivity index (χ4n) is 5.35. The van der Waals surface area contributed by atoms with E-state index in [1.165, 1.54) is 10.9 Å². The lowest BCUT2D eigenvalue weighted by Gasteiger charge is -2.37. The molecule has 1 saturated heterocycles. The van der Waals surface area contributed by atoms with Crippen molar-refractivity contribution in [1.82, 2.24) is 25.0 Å². The second-order valence-electron chi connectivity index (χ2n) is 9.83. The molecule has 0 amide bonds. The van der Waals surface area contributed by atoms with Gasteiger partial charge in [-0.05, 0) is 41.0 Å². The number of fused-ring (bicyclic) bond motifs is 1. The van der Waals surface area contributed by atoms with Crippen LogP contribution in [0.1, 0.15) is 22.9 Å². The minimum absolute atomic E-state index is 0.0390. The Labute approximate surface area is 240 Å². The third-order valence-electron chi connectivity index (χ3n) is 7.53. The summed E-state index contributed by atoms with van der Waals surface area (Å²) < 4.78 is 25.1. The second-order valence-corrected chi connectivity index (χ2v) is 9.83. The first-order valence-electron chi connectivity index (χ1n) is 13.2. The lowest BCUT2D eigenvalue weighted by atomic mass is 9.80. The first kappa shape index (κ1) is 27.5. The smallest absolute Gasteiger partial charge is 0.295 e. The molecule has 0 radical (unpaired) electrons. The number of ether oxygens (including phenoxy) is 4. The van der Waals surface area contributed by atoms with Gasteiger partial charge in [-0.2, -0.15) is 0 Å². The van der Waals surface area contributed by atoms with Gasteiger partial charge in [0.1, 0.15) is 35.4 Å². The Morgan fingerprint density at radius 1 is 0.881 bits per heavy atom. The van der Waals surface area contributed by atoms with E-state index in [0.29, 0.717) is 11.5 Å². The maximum Gasteiger partial charge on any atom is 0.295 e. The van der Waals surface area contributed by atoms with Gasteiger partial charge >= 0.3 is 0 Å². The number of aliphatic hydroxyl groups is 2. The molecule has 4 atom stereocenters. The van der Waals surface area contributed by atoms with E-state index in [-0.39, 0.29) is 17.8 Å². The fraction of sp³-hybridized carbons (Fsp3) is 0.267. The molecule has 42 heavy (non-hydrogen) atoms. The van der Waals surface area contributed by atoms with Crippen molar-refractivity contribution in [2.24, 2.45) is 0 Å². The molecule has 0 bridgehead atoms. The molecular weight excluding hydrogens is 542 g/mol. The zero-order valence-corrected chi connectivity index (χ0v) is 22.8. The van der Waals surface area contributed by atoms with Crippen LogP contribution in [-0.2, 0) is 15.1 Å². The average molecular weight is 572 g/mol. The van der Waals surface area contributed by atoms with Gasteiger partial charge in [0.15, 0.2) is 17.4 Å². The Balaban J connectivity index is 1.39. The number of imidazole rings is 1. The van der Waals surface area contributed by atoms with Crippen LogP contribution in [0.3, 0.4) is 0 Å². The number of methoxy groups -OCH3 is 2. The molecule has 6 rings (SSSR count). The third kappa shape index (κ3) is 4.69. The summed E-state index contributed by atoms with van der Waals surface area (Å²) in [6.07, 6.45) is -3.38. The Kier molecular flexibility index (Phi) is 7.43. The summed E-state index contributed by atoms with van der Waals surface area (Å²) in [7, 11) is 3.20. The molecule has 0 aliphatic carbocycles. The summed E-state index contributed by atoms with van der Waals surface area (Å²) in [5.74, 6) is 1.37. The summed E-state index contributed by atoms with van der Waals surface area (Å²) >= 11 is 0. The van der Waals surface area contributed by atoms with Crippen molar-refractivity contribution >= 4 is 11.2 Å². The van der Waals surface area contributed by atoms with Crippen molar-refractivity contribution in [3.8, 4) is 11.5 Å². The van der Waals surface area contributed by atoms with Gasteiger partial charge in [-0.1, -0.05) is 59.8 Å². The number of benzene rings is 3. The van der Waals surface area contributed by atoms with Crippen molar-refractivity contribution in [3.63, 3.8) is 0 Å². The van der Waals surface area contributed by atoms with Gasteiger partial charge in [0, 0.05) is 0 Å². The number of aromatic nitrogens is 5. The summed E-state index contributed by atoms with van der Waals surface area (Å²) in [5.41, 5.74) is 0.924. The van der Waals surface area contributed by atoms with E-state index in [0.717, 1.165) is 16.7 Å². The van der Waals surface area contributed by atoms with Crippen LogP contribution in [0.15, 0.2) is 90.0 Å². The highest BCUT2D eigenvalue weighted by molar-refractivity contribution is 5.68. The van der Waals surface area contributed by atoms with E-state index in [1.54, 1.807) is 14.2 Å². The minimum atomic E-state index is -1.36. The van der Waals surface area contributed by atoms with Crippen molar-refractivity contribution < 1.29 is 29.2 Å². The Morgan fingerprint density at radius 3 is 2.07 bits per heavy atom. The molecule has 1 aliphatic heterocycles. The quantitative estimate of drug-likeness (QED) is 0.224. The van der Waals surface area contributed by atoms with E-state index in [1.807, 2.05) is 78.9 Å². The second kappa shape index (κ2) is 11.3. The van der Waals surface area contributed by atoms with Crippen LogP contribution in [0.5, 0.6) is 11.5 Å². The largest absolute Gasteiger partial charge is 0.497 e. The topological polar surface area (TPSA) is 154 Å². The van der Waals surface area contributed by atoms with E-state index in [4.69, 9.17) is 18.9 Å². The monoisotopic (exact) mass is 571 g/mol. The summed E-state index contributed by atoms with van der Waals surface area (Å²) in [5, 5.41) is 31.8. The maximum absolute atomic E-state index is 12.1. The third-order valence-corrected chi connectivity index (χ3v) is 7.53. The molecule has 0 unspecified atom stereocenters. The van der Waals surface area contributed by atoms with Crippen LogP contribution in [0.2, 0.25) is 0 Å². The molecule has 12 heteroatoms. The number of aliphatic hydroxyl groups excluding tert-OH is 2. The van der Waals surface area contributed by atoms with E-state index >= 15 is 0 Å². The maximum atomic E-state index is 12.1. The molecule has 216 valence electrons. The van der Waals surface area contributed by atoms with Crippen molar-refractivity contribution in [1.29, 1.82) is 0 Å². The van der Waals surface area contributed by atoms with Crippen molar-refractivity contribution in [2.45, 2.75) is 30.1 Å². The zero-order chi connectivity index (χ0) is 29.3. The van der Waals surface area contributed by atoms with Crippen LogP contribution in [0, 0.1) is 0 Å². The number of nitrogens with zero attached hydrogens (tertiary/aromatic N) is 4. The van der Waals surface area contributed by atoms with E-state index in [9.17, 15) is 15.0 Å². The first-order chi connectivity index (χ1) is 20.5. The summed E-state index contributed by atoms with van der Waals surface area (Å²) in [6, 6.07) is 24.8. The van der Waals surface area contributed by atoms with Gasteiger partial charge in [0.2, 0.25) is 0 Å².